The number of benzene rings is 1. The van der Waals surface area contributed by atoms with Gasteiger partial charge >= 0.3 is 5.69 Å². The van der Waals surface area contributed by atoms with Crippen molar-refractivity contribution in [3.63, 3.8) is 0 Å². The summed E-state index contributed by atoms with van der Waals surface area (Å²) in [4.78, 5) is 17.4. The number of aromatic nitrogens is 2. The average molecular weight is 246 g/mol. The van der Waals surface area contributed by atoms with Gasteiger partial charge in [0.15, 0.2) is 0 Å². The van der Waals surface area contributed by atoms with Gasteiger partial charge in [-0.05, 0) is 5.56 Å². The predicted octanol–water partition coefficient (Wildman–Crippen LogP) is 1.55. The van der Waals surface area contributed by atoms with Crippen LogP contribution in [0.25, 0.3) is 0 Å². The summed E-state index contributed by atoms with van der Waals surface area (Å²) in [5.41, 5.74) is 5.95. The molecule has 1 aromatic carbocycles. The molecular weight excluding hydrogens is 236 g/mol. The van der Waals surface area contributed by atoms with E-state index in [4.69, 9.17) is 10.5 Å². The van der Waals surface area contributed by atoms with E-state index in [2.05, 4.69) is 9.97 Å². The Morgan fingerprint density at radius 3 is 2.72 bits per heavy atom. The van der Waals surface area contributed by atoms with Crippen molar-refractivity contribution in [2.45, 2.75) is 6.61 Å². The van der Waals surface area contributed by atoms with E-state index in [9.17, 15) is 10.1 Å². The van der Waals surface area contributed by atoms with E-state index in [1.54, 1.807) is 0 Å². The zero-order valence-electron chi connectivity index (χ0n) is 9.31. The second kappa shape index (κ2) is 5.09. The smallest absolute Gasteiger partial charge is 0.349 e. The van der Waals surface area contributed by atoms with Crippen molar-refractivity contribution in [1.82, 2.24) is 9.97 Å². The van der Waals surface area contributed by atoms with Crippen LogP contribution in [0.4, 0.5) is 11.6 Å². The SMILES string of the molecule is Nc1ncc([N+](=O)[O-])c(OCc2ccccc2)n1. The van der Waals surface area contributed by atoms with Gasteiger partial charge in [-0.2, -0.15) is 4.98 Å². The first-order valence-corrected chi connectivity index (χ1v) is 5.10. The molecule has 7 heteroatoms. The van der Waals surface area contributed by atoms with E-state index < -0.39 is 4.92 Å². The van der Waals surface area contributed by atoms with E-state index in [1.807, 2.05) is 30.3 Å². The second-order valence-corrected chi connectivity index (χ2v) is 3.45. The lowest BCUT2D eigenvalue weighted by molar-refractivity contribution is -0.386. The summed E-state index contributed by atoms with van der Waals surface area (Å²) in [6, 6.07) is 9.25. The van der Waals surface area contributed by atoms with Crippen LogP contribution in [0.3, 0.4) is 0 Å². The number of hydrogen-bond donors (Lipinski definition) is 1. The van der Waals surface area contributed by atoms with Crippen LogP contribution in [-0.2, 0) is 6.61 Å². The van der Waals surface area contributed by atoms with Crippen molar-refractivity contribution in [3.05, 3.63) is 52.2 Å². The van der Waals surface area contributed by atoms with Gasteiger partial charge in [-0.3, -0.25) is 10.1 Å². The molecule has 2 aromatic rings. The second-order valence-electron chi connectivity index (χ2n) is 3.45. The molecule has 0 unspecified atom stereocenters. The van der Waals surface area contributed by atoms with Crippen LogP contribution in [0.1, 0.15) is 5.56 Å². The molecule has 0 atom stereocenters. The Balaban J connectivity index is 2.18. The summed E-state index contributed by atoms with van der Waals surface area (Å²) in [7, 11) is 0. The summed E-state index contributed by atoms with van der Waals surface area (Å²) in [5, 5.41) is 10.7. The Morgan fingerprint density at radius 2 is 2.06 bits per heavy atom. The van der Waals surface area contributed by atoms with Gasteiger partial charge in [0.25, 0.3) is 5.88 Å². The van der Waals surface area contributed by atoms with Crippen LogP contribution < -0.4 is 10.5 Å². The molecule has 7 nitrogen and oxygen atoms in total. The van der Waals surface area contributed by atoms with Gasteiger partial charge < -0.3 is 10.5 Å². The molecule has 0 aliphatic heterocycles. The molecular formula is C11H10N4O3. The quantitative estimate of drug-likeness (QED) is 0.648. The first-order valence-electron chi connectivity index (χ1n) is 5.10. The van der Waals surface area contributed by atoms with E-state index >= 15 is 0 Å². The van der Waals surface area contributed by atoms with Gasteiger partial charge in [0, 0.05) is 0 Å². The number of anilines is 1. The van der Waals surface area contributed by atoms with Gasteiger partial charge in [-0.15, -0.1) is 0 Å². The molecule has 1 aromatic heterocycles. The van der Waals surface area contributed by atoms with Gasteiger partial charge in [0.1, 0.15) is 12.8 Å². The number of nitro groups is 1. The molecule has 92 valence electrons. The highest BCUT2D eigenvalue weighted by Gasteiger charge is 2.18. The fraction of sp³-hybridized carbons (Fsp3) is 0.0909. The molecule has 0 amide bonds. The van der Waals surface area contributed by atoms with Gasteiger partial charge in [0.2, 0.25) is 5.95 Å². The summed E-state index contributed by atoms with van der Waals surface area (Å²) in [5.74, 6) is -0.194. The Hall–Kier alpha value is -2.70. The molecule has 2 rings (SSSR count). The Bertz CT molecular complexity index is 559. The number of hydrogen-bond acceptors (Lipinski definition) is 6. The first kappa shape index (κ1) is 11.8. The van der Waals surface area contributed by atoms with Crippen molar-refractivity contribution < 1.29 is 9.66 Å². The molecule has 2 N–H and O–H groups in total. The minimum absolute atomic E-state index is 0.0661. The molecule has 0 aliphatic rings. The number of rotatable bonds is 4. The summed E-state index contributed by atoms with van der Waals surface area (Å²) < 4.78 is 5.29. The van der Waals surface area contributed by atoms with Crippen molar-refractivity contribution in [2.75, 3.05) is 5.73 Å². The topological polar surface area (TPSA) is 104 Å². The lowest BCUT2D eigenvalue weighted by Gasteiger charge is -2.05. The third kappa shape index (κ3) is 2.70. The number of nitrogens with zero attached hydrogens (tertiary/aromatic N) is 3. The van der Waals surface area contributed by atoms with Crippen LogP contribution >= 0.6 is 0 Å². The van der Waals surface area contributed by atoms with Crippen molar-refractivity contribution in [3.8, 4) is 5.88 Å². The van der Waals surface area contributed by atoms with Crippen molar-refractivity contribution in [2.24, 2.45) is 0 Å². The average Bonchev–Trinajstić information content (AvgIpc) is 2.37. The Kier molecular flexibility index (Phi) is 3.33. The minimum atomic E-state index is -0.611. The van der Waals surface area contributed by atoms with Gasteiger partial charge in [0.05, 0.1) is 4.92 Å². The zero-order chi connectivity index (χ0) is 13.0. The van der Waals surface area contributed by atoms with Crippen LogP contribution in [0.2, 0.25) is 0 Å². The standard InChI is InChI=1S/C11H10N4O3/c12-11-13-6-9(15(16)17)10(14-11)18-7-8-4-2-1-3-5-8/h1-6H,7H2,(H2,12,13,14). The molecule has 0 aliphatic carbocycles. The third-order valence-electron chi connectivity index (χ3n) is 2.17. The zero-order valence-corrected chi connectivity index (χ0v) is 9.31. The fourth-order valence-corrected chi connectivity index (χ4v) is 1.33. The van der Waals surface area contributed by atoms with E-state index in [1.165, 1.54) is 0 Å². The van der Waals surface area contributed by atoms with Gasteiger partial charge in [-0.25, -0.2) is 4.98 Å². The monoisotopic (exact) mass is 246 g/mol. The highest BCUT2D eigenvalue weighted by molar-refractivity contribution is 5.41. The minimum Gasteiger partial charge on any atom is -0.468 e. The normalized spacial score (nSPS) is 10.0. The lowest BCUT2D eigenvalue weighted by atomic mass is 10.2. The van der Waals surface area contributed by atoms with Crippen LogP contribution in [0.15, 0.2) is 36.5 Å². The Morgan fingerprint density at radius 1 is 1.33 bits per heavy atom. The molecule has 18 heavy (non-hydrogen) atoms. The van der Waals surface area contributed by atoms with Crippen LogP contribution in [0.5, 0.6) is 5.88 Å². The maximum Gasteiger partial charge on any atom is 0.349 e. The van der Waals surface area contributed by atoms with Crippen LogP contribution in [0, 0.1) is 10.1 Å². The number of ether oxygens (including phenoxy) is 1. The number of nitrogen functional groups attached to an aromatic ring is 1. The van der Waals surface area contributed by atoms with Crippen LogP contribution in [-0.4, -0.2) is 14.9 Å². The maximum atomic E-state index is 10.7. The molecule has 1 heterocycles. The van der Waals surface area contributed by atoms with Crippen molar-refractivity contribution >= 4 is 11.6 Å². The van der Waals surface area contributed by atoms with Gasteiger partial charge in [-0.1, -0.05) is 30.3 Å². The lowest BCUT2D eigenvalue weighted by Crippen LogP contribution is -2.04. The first-order chi connectivity index (χ1) is 8.66. The van der Waals surface area contributed by atoms with E-state index in [-0.39, 0.29) is 24.1 Å². The van der Waals surface area contributed by atoms with E-state index in [0.29, 0.717) is 0 Å². The molecule has 0 fully saturated rings. The molecule has 0 spiro atoms. The predicted molar refractivity (Wildman–Crippen MR) is 63.9 cm³/mol. The fourth-order valence-electron chi connectivity index (χ4n) is 1.33. The number of nitrogens with two attached hydrogens (primary N) is 1. The summed E-state index contributed by atoms with van der Waals surface area (Å²) >= 11 is 0. The molecule has 0 saturated heterocycles. The highest BCUT2D eigenvalue weighted by Crippen LogP contribution is 2.24. The Labute approximate surface area is 102 Å². The summed E-state index contributed by atoms with van der Waals surface area (Å²) in [6.45, 7) is 0.179. The molecule has 0 radical (unpaired) electrons. The molecule has 0 saturated carbocycles. The molecule has 0 bridgehead atoms. The highest BCUT2D eigenvalue weighted by atomic mass is 16.6. The summed E-state index contributed by atoms with van der Waals surface area (Å²) in [6.07, 6.45) is 1.03. The largest absolute Gasteiger partial charge is 0.468 e. The maximum absolute atomic E-state index is 10.7. The third-order valence-corrected chi connectivity index (χ3v) is 2.17. The van der Waals surface area contributed by atoms with Crippen molar-refractivity contribution in [1.29, 1.82) is 0 Å². The van der Waals surface area contributed by atoms with E-state index in [0.717, 1.165) is 11.8 Å².